The summed E-state index contributed by atoms with van der Waals surface area (Å²) in [5.74, 6) is -0.167. The van der Waals surface area contributed by atoms with Gasteiger partial charge in [0.25, 0.3) is 5.91 Å². The Morgan fingerprint density at radius 3 is 2.24 bits per heavy atom. The van der Waals surface area contributed by atoms with E-state index in [9.17, 15) is 9.59 Å². The molecule has 1 amide bonds. The number of carbonyl (C=O) groups is 2. The summed E-state index contributed by atoms with van der Waals surface area (Å²) in [6.45, 7) is 1.54. The third-order valence-electron chi connectivity index (χ3n) is 4.48. The zero-order chi connectivity index (χ0) is 20.6. The summed E-state index contributed by atoms with van der Waals surface area (Å²) < 4.78 is 10.4. The molecule has 0 aliphatic carbocycles. The molecule has 0 spiro atoms. The van der Waals surface area contributed by atoms with Crippen molar-refractivity contribution in [2.75, 3.05) is 13.7 Å². The highest BCUT2D eigenvalue weighted by molar-refractivity contribution is 5.91. The maximum atomic E-state index is 12.5. The van der Waals surface area contributed by atoms with E-state index in [-0.39, 0.29) is 18.6 Å². The Kier molecular flexibility index (Phi) is 6.63. The quantitative estimate of drug-likeness (QED) is 0.619. The molecule has 1 atom stereocenters. The molecule has 5 nitrogen and oxygen atoms in total. The minimum atomic E-state index is -0.524. The van der Waals surface area contributed by atoms with Crippen molar-refractivity contribution in [1.82, 2.24) is 5.32 Å². The lowest BCUT2D eigenvalue weighted by molar-refractivity contribution is -0.124. The molecule has 148 valence electrons. The summed E-state index contributed by atoms with van der Waals surface area (Å²) in [5.41, 5.74) is 3.20. The molecule has 0 fully saturated rings. The highest BCUT2D eigenvalue weighted by atomic mass is 16.5. The zero-order valence-electron chi connectivity index (χ0n) is 16.4. The molecule has 0 aliphatic rings. The van der Waals surface area contributed by atoms with Crippen LogP contribution in [0.4, 0.5) is 0 Å². The van der Waals surface area contributed by atoms with Crippen LogP contribution in [0.1, 0.15) is 33.1 Å². The number of benzene rings is 3. The molecule has 5 heteroatoms. The van der Waals surface area contributed by atoms with Crippen LogP contribution in [0.5, 0.6) is 5.75 Å². The lowest BCUT2D eigenvalue weighted by Crippen LogP contribution is -2.33. The summed E-state index contributed by atoms with van der Waals surface area (Å²) in [6.07, 6.45) is 0. The Bertz CT molecular complexity index is 968. The third-order valence-corrected chi connectivity index (χ3v) is 4.48. The molecule has 0 saturated heterocycles. The van der Waals surface area contributed by atoms with E-state index in [1.165, 1.54) is 0 Å². The Morgan fingerprint density at radius 2 is 1.59 bits per heavy atom. The number of methoxy groups -OCH3 is 1. The van der Waals surface area contributed by atoms with Gasteiger partial charge in [-0.25, -0.2) is 4.79 Å². The van der Waals surface area contributed by atoms with Crippen molar-refractivity contribution in [3.05, 3.63) is 101 Å². The second-order valence-electron chi connectivity index (χ2n) is 6.63. The number of nitrogens with one attached hydrogen (secondary N) is 1. The van der Waals surface area contributed by atoms with Gasteiger partial charge in [0, 0.05) is 0 Å². The van der Waals surface area contributed by atoms with Crippen LogP contribution < -0.4 is 10.1 Å². The van der Waals surface area contributed by atoms with Crippen molar-refractivity contribution >= 4 is 11.9 Å². The molecule has 29 heavy (non-hydrogen) atoms. The van der Waals surface area contributed by atoms with Gasteiger partial charge in [-0.2, -0.15) is 0 Å². The summed E-state index contributed by atoms with van der Waals surface area (Å²) >= 11 is 0. The topological polar surface area (TPSA) is 64.6 Å². The van der Waals surface area contributed by atoms with E-state index < -0.39 is 5.97 Å². The van der Waals surface area contributed by atoms with E-state index in [1.54, 1.807) is 25.3 Å². The molecule has 0 saturated carbocycles. The minimum absolute atomic E-state index is 0.355. The second kappa shape index (κ2) is 9.55. The lowest BCUT2D eigenvalue weighted by atomic mass is 9.98. The molecule has 0 bridgehead atoms. The van der Waals surface area contributed by atoms with Gasteiger partial charge in [0.1, 0.15) is 5.75 Å². The Hall–Kier alpha value is -3.60. The lowest BCUT2D eigenvalue weighted by Gasteiger charge is -2.20. The van der Waals surface area contributed by atoms with Gasteiger partial charge in [0.15, 0.2) is 6.61 Å². The first-order chi connectivity index (χ1) is 14.1. The Morgan fingerprint density at radius 1 is 0.897 bits per heavy atom. The average molecular weight is 389 g/mol. The predicted octanol–water partition coefficient (Wildman–Crippen LogP) is 4.07. The van der Waals surface area contributed by atoms with Gasteiger partial charge in [-0.1, -0.05) is 60.2 Å². The molecule has 0 radical (unpaired) electrons. The predicted molar refractivity (Wildman–Crippen MR) is 111 cm³/mol. The zero-order valence-corrected chi connectivity index (χ0v) is 16.4. The first-order valence-electron chi connectivity index (χ1n) is 9.29. The van der Waals surface area contributed by atoms with Crippen LogP contribution in [0.25, 0.3) is 0 Å². The van der Waals surface area contributed by atoms with Crippen LogP contribution in [-0.2, 0) is 9.53 Å². The van der Waals surface area contributed by atoms with Gasteiger partial charge < -0.3 is 14.8 Å². The summed E-state index contributed by atoms with van der Waals surface area (Å²) in [4.78, 5) is 24.7. The van der Waals surface area contributed by atoms with Crippen molar-refractivity contribution in [2.45, 2.75) is 13.0 Å². The molecule has 1 N–H and O–H groups in total. The van der Waals surface area contributed by atoms with E-state index in [4.69, 9.17) is 9.47 Å². The van der Waals surface area contributed by atoms with Crippen molar-refractivity contribution in [2.24, 2.45) is 0 Å². The molecule has 3 aromatic rings. The molecule has 0 heterocycles. The maximum Gasteiger partial charge on any atom is 0.338 e. The molecular formula is C24H23NO4. The van der Waals surface area contributed by atoms with Crippen molar-refractivity contribution in [3.63, 3.8) is 0 Å². The second-order valence-corrected chi connectivity index (χ2v) is 6.63. The number of hydrogen-bond acceptors (Lipinski definition) is 4. The SMILES string of the molecule is COc1ccc([C@@H](NC(=O)COC(=O)c2cccc(C)c2)c2ccccc2)cc1. The van der Waals surface area contributed by atoms with Crippen LogP contribution in [0.15, 0.2) is 78.9 Å². The highest BCUT2D eigenvalue weighted by Gasteiger charge is 2.18. The number of esters is 1. The van der Waals surface area contributed by atoms with E-state index in [0.29, 0.717) is 5.56 Å². The highest BCUT2D eigenvalue weighted by Crippen LogP contribution is 2.24. The van der Waals surface area contributed by atoms with Crippen LogP contribution in [0.2, 0.25) is 0 Å². The third kappa shape index (κ3) is 5.45. The summed E-state index contributed by atoms with van der Waals surface area (Å²) in [7, 11) is 1.61. The van der Waals surface area contributed by atoms with Crippen molar-refractivity contribution < 1.29 is 19.1 Å². The van der Waals surface area contributed by atoms with E-state index >= 15 is 0 Å². The smallest absolute Gasteiger partial charge is 0.338 e. The monoisotopic (exact) mass is 389 g/mol. The first kappa shape index (κ1) is 20.1. The first-order valence-corrected chi connectivity index (χ1v) is 9.29. The van der Waals surface area contributed by atoms with E-state index in [1.807, 2.05) is 67.6 Å². The summed E-state index contributed by atoms with van der Waals surface area (Å²) in [6, 6.07) is 23.8. The van der Waals surface area contributed by atoms with Gasteiger partial charge in [-0.3, -0.25) is 4.79 Å². The standard InChI is InChI=1S/C24H23NO4/c1-17-7-6-10-20(15-17)24(27)29-16-22(26)25-23(18-8-4-3-5-9-18)19-11-13-21(28-2)14-12-19/h3-15,23H,16H2,1-2H3,(H,25,26)/t23-/m0/s1. The average Bonchev–Trinajstić information content (AvgIpc) is 2.76. The number of amides is 1. The van der Waals surface area contributed by atoms with Crippen molar-refractivity contribution in [1.29, 1.82) is 0 Å². The minimum Gasteiger partial charge on any atom is -0.497 e. The largest absolute Gasteiger partial charge is 0.497 e. The molecular weight excluding hydrogens is 366 g/mol. The Balaban J connectivity index is 1.70. The van der Waals surface area contributed by atoms with E-state index in [0.717, 1.165) is 22.4 Å². The van der Waals surface area contributed by atoms with Gasteiger partial charge in [-0.05, 0) is 42.3 Å². The fourth-order valence-electron chi connectivity index (χ4n) is 2.99. The number of carbonyl (C=O) groups excluding carboxylic acids is 2. The van der Waals surface area contributed by atoms with Crippen molar-refractivity contribution in [3.8, 4) is 5.75 Å². The van der Waals surface area contributed by atoms with Gasteiger partial charge >= 0.3 is 5.97 Å². The van der Waals surface area contributed by atoms with Crippen LogP contribution in [0, 0.1) is 6.92 Å². The fraction of sp³-hybridized carbons (Fsp3) is 0.167. The number of rotatable bonds is 7. The number of hydrogen-bond donors (Lipinski definition) is 1. The molecule has 3 rings (SSSR count). The van der Waals surface area contributed by atoms with Gasteiger partial charge in [-0.15, -0.1) is 0 Å². The molecule has 0 aliphatic heterocycles. The Labute approximate surface area is 170 Å². The maximum absolute atomic E-state index is 12.5. The molecule has 0 unspecified atom stereocenters. The number of ether oxygens (including phenoxy) is 2. The van der Waals surface area contributed by atoms with Gasteiger partial charge in [0.2, 0.25) is 0 Å². The number of aryl methyl sites for hydroxylation is 1. The van der Waals surface area contributed by atoms with Crippen LogP contribution >= 0.6 is 0 Å². The van der Waals surface area contributed by atoms with E-state index in [2.05, 4.69) is 5.32 Å². The molecule has 0 aromatic heterocycles. The summed E-state index contributed by atoms with van der Waals surface area (Å²) in [5, 5.41) is 2.95. The fourth-order valence-corrected chi connectivity index (χ4v) is 2.99. The normalized spacial score (nSPS) is 11.4. The molecule has 3 aromatic carbocycles. The van der Waals surface area contributed by atoms with Crippen LogP contribution in [0.3, 0.4) is 0 Å². The van der Waals surface area contributed by atoms with Crippen LogP contribution in [-0.4, -0.2) is 25.6 Å². The van der Waals surface area contributed by atoms with Gasteiger partial charge in [0.05, 0.1) is 18.7 Å².